The zero-order valence-corrected chi connectivity index (χ0v) is 23.4. The highest BCUT2D eigenvalue weighted by Crippen LogP contribution is 2.49. The fourth-order valence-corrected chi connectivity index (χ4v) is 7.96. The molecule has 2 aromatic rings. The van der Waals surface area contributed by atoms with Gasteiger partial charge in [0.15, 0.2) is 5.82 Å². The summed E-state index contributed by atoms with van der Waals surface area (Å²) in [5.41, 5.74) is 7.75. The van der Waals surface area contributed by atoms with Gasteiger partial charge in [0.2, 0.25) is 0 Å². The summed E-state index contributed by atoms with van der Waals surface area (Å²) in [6, 6.07) is 1.78. The highest BCUT2D eigenvalue weighted by molar-refractivity contribution is 6.31. The molecule has 0 amide bonds. The van der Waals surface area contributed by atoms with Crippen LogP contribution in [0.1, 0.15) is 60.9 Å². The average molecular weight is 576 g/mol. The third kappa shape index (κ3) is 4.42. The summed E-state index contributed by atoms with van der Waals surface area (Å²) in [7, 11) is 0. The molecule has 40 heavy (non-hydrogen) atoms. The smallest absolute Gasteiger partial charge is 0.318 e. The number of aromatic nitrogens is 2. The van der Waals surface area contributed by atoms with Crippen LogP contribution in [0.5, 0.6) is 6.01 Å². The van der Waals surface area contributed by atoms with Crippen molar-refractivity contribution in [1.29, 1.82) is 0 Å². The molecule has 5 heterocycles. The summed E-state index contributed by atoms with van der Waals surface area (Å²) in [5.74, 6) is 0.318. The van der Waals surface area contributed by atoms with Crippen molar-refractivity contribution in [3.63, 3.8) is 0 Å². The Kier molecular flexibility index (Phi) is 6.80. The zero-order chi connectivity index (χ0) is 27.5. The lowest BCUT2D eigenvalue weighted by Crippen LogP contribution is -2.44. The maximum atomic E-state index is 15.6. The van der Waals surface area contributed by atoms with Crippen LogP contribution in [0.2, 0.25) is 5.02 Å². The molecule has 3 atom stereocenters. The average Bonchev–Trinajstić information content (AvgIpc) is 3.31. The van der Waals surface area contributed by atoms with Crippen LogP contribution in [0.15, 0.2) is 6.07 Å². The van der Waals surface area contributed by atoms with Gasteiger partial charge in [0.1, 0.15) is 24.2 Å². The van der Waals surface area contributed by atoms with Gasteiger partial charge in [0.05, 0.1) is 30.1 Å². The van der Waals surface area contributed by atoms with E-state index in [0.717, 1.165) is 61.4 Å². The Morgan fingerprint density at radius 2 is 2.02 bits per heavy atom. The van der Waals surface area contributed by atoms with Gasteiger partial charge in [0.25, 0.3) is 0 Å². The molecular formula is C29H36ClF2N5O3. The molecule has 1 unspecified atom stereocenters. The minimum absolute atomic E-state index is 0.0273. The summed E-state index contributed by atoms with van der Waals surface area (Å²) in [4.78, 5) is 14.2. The zero-order valence-electron chi connectivity index (χ0n) is 22.7. The Morgan fingerprint density at radius 3 is 2.92 bits per heavy atom. The predicted octanol–water partition coefficient (Wildman–Crippen LogP) is 4.34. The lowest BCUT2D eigenvalue weighted by molar-refractivity contribution is -0.0876. The molecule has 7 rings (SSSR count). The summed E-state index contributed by atoms with van der Waals surface area (Å²) in [5, 5.41) is 0.474. The second-order valence-corrected chi connectivity index (χ2v) is 12.4. The van der Waals surface area contributed by atoms with Crippen LogP contribution >= 0.6 is 11.6 Å². The molecule has 5 aliphatic rings. The molecule has 1 aromatic carbocycles. The van der Waals surface area contributed by atoms with Gasteiger partial charge in [-0.25, -0.2) is 8.78 Å². The highest BCUT2D eigenvalue weighted by atomic mass is 35.5. The number of hydrogen-bond donors (Lipinski definition) is 1. The van der Waals surface area contributed by atoms with Gasteiger partial charge in [-0.3, -0.25) is 4.90 Å². The lowest BCUT2D eigenvalue weighted by Gasteiger charge is -2.43. The molecule has 1 spiro atoms. The third-order valence-corrected chi connectivity index (χ3v) is 9.89. The van der Waals surface area contributed by atoms with E-state index in [4.69, 9.17) is 41.5 Å². The van der Waals surface area contributed by atoms with Gasteiger partial charge >= 0.3 is 6.01 Å². The Hall–Kier alpha value is -2.27. The molecule has 3 fully saturated rings. The maximum Gasteiger partial charge on any atom is 0.318 e. The Bertz CT molecular complexity index is 1310. The molecule has 11 heteroatoms. The van der Waals surface area contributed by atoms with Crippen LogP contribution in [0.25, 0.3) is 0 Å². The van der Waals surface area contributed by atoms with Crippen LogP contribution in [0.4, 0.5) is 20.3 Å². The van der Waals surface area contributed by atoms with E-state index in [-0.39, 0.29) is 23.8 Å². The molecular weight excluding hydrogens is 540 g/mol. The molecule has 2 N–H and O–H groups in total. The van der Waals surface area contributed by atoms with Gasteiger partial charge in [0, 0.05) is 55.2 Å². The normalized spacial score (nSPS) is 30.2. The third-order valence-electron chi connectivity index (χ3n) is 9.56. The lowest BCUT2D eigenvalue weighted by atomic mass is 9.74. The first-order valence-electron chi connectivity index (χ1n) is 14.5. The SMILES string of the molecule is Nc1cc(Cl)c2c(c1F)C1(CCC2)Cc2nc(OC[C@@]34CCCN3C[C@H](F)C4)nc(N3CCCOCC3)c2CO1. The minimum atomic E-state index is -0.914. The Morgan fingerprint density at radius 1 is 1.12 bits per heavy atom. The van der Waals surface area contributed by atoms with Crippen molar-refractivity contribution in [2.45, 2.75) is 75.3 Å². The quantitative estimate of drug-likeness (QED) is 0.539. The number of nitrogen functional groups attached to an aromatic ring is 1. The van der Waals surface area contributed by atoms with E-state index in [1.807, 2.05) is 0 Å². The number of ether oxygens (including phenoxy) is 3. The van der Waals surface area contributed by atoms with E-state index < -0.39 is 17.6 Å². The number of alkyl halides is 1. The summed E-state index contributed by atoms with van der Waals surface area (Å²) in [6.45, 7) is 4.74. The van der Waals surface area contributed by atoms with Crippen LogP contribution in [0.3, 0.4) is 0 Å². The number of anilines is 2. The highest BCUT2D eigenvalue weighted by Gasteiger charge is 2.50. The molecule has 3 saturated heterocycles. The first-order valence-corrected chi connectivity index (χ1v) is 14.9. The summed E-state index contributed by atoms with van der Waals surface area (Å²) >= 11 is 6.55. The number of fused-ring (bicyclic) bond motifs is 4. The summed E-state index contributed by atoms with van der Waals surface area (Å²) in [6.07, 6.45) is 4.97. The molecule has 0 radical (unpaired) electrons. The largest absolute Gasteiger partial charge is 0.461 e. The van der Waals surface area contributed by atoms with Crippen molar-refractivity contribution in [3.8, 4) is 6.01 Å². The van der Waals surface area contributed by atoms with Gasteiger partial charge in [-0.15, -0.1) is 0 Å². The number of nitrogens with zero attached hydrogens (tertiary/aromatic N) is 4. The predicted molar refractivity (Wildman–Crippen MR) is 147 cm³/mol. The van der Waals surface area contributed by atoms with Crippen LogP contribution in [-0.4, -0.2) is 72.6 Å². The van der Waals surface area contributed by atoms with Gasteiger partial charge in [-0.2, -0.15) is 9.97 Å². The molecule has 216 valence electrons. The summed E-state index contributed by atoms with van der Waals surface area (Å²) < 4.78 is 48.6. The first kappa shape index (κ1) is 26.6. The van der Waals surface area contributed by atoms with E-state index in [0.29, 0.717) is 69.2 Å². The van der Waals surface area contributed by atoms with Crippen molar-refractivity contribution in [2.24, 2.45) is 0 Å². The Labute approximate surface area is 238 Å². The first-order chi connectivity index (χ1) is 19.4. The molecule has 0 bridgehead atoms. The number of hydrogen-bond acceptors (Lipinski definition) is 8. The number of nitrogens with two attached hydrogens (primary N) is 1. The molecule has 1 aromatic heterocycles. The van der Waals surface area contributed by atoms with Crippen molar-refractivity contribution in [1.82, 2.24) is 14.9 Å². The van der Waals surface area contributed by atoms with Crippen molar-refractivity contribution < 1.29 is 23.0 Å². The van der Waals surface area contributed by atoms with Gasteiger partial charge in [-0.05, 0) is 56.7 Å². The standard InChI is InChI=1S/C29H36ClF2N5O3/c30-21-12-22(33)25(32)24-19(21)4-1-6-29(24)14-23-20(16-40-29)26(36-7-3-10-38-11-9-36)35-27(34-23)39-17-28-5-2-8-37(28)15-18(31)13-28/h12,18H,1-11,13-17,33H2/t18-,28+,29?/m1/s1. The second kappa shape index (κ2) is 10.2. The second-order valence-electron chi connectivity index (χ2n) is 12.0. The van der Waals surface area contributed by atoms with Crippen molar-refractivity contribution in [2.75, 3.05) is 56.6 Å². The van der Waals surface area contributed by atoms with E-state index in [2.05, 4.69) is 9.80 Å². The van der Waals surface area contributed by atoms with Crippen molar-refractivity contribution in [3.05, 3.63) is 39.3 Å². The van der Waals surface area contributed by atoms with Crippen LogP contribution < -0.4 is 15.4 Å². The molecule has 1 aliphatic carbocycles. The fraction of sp³-hybridized carbons (Fsp3) is 0.655. The fourth-order valence-electron chi connectivity index (χ4n) is 7.65. The van der Waals surface area contributed by atoms with E-state index in [1.54, 1.807) is 0 Å². The minimum Gasteiger partial charge on any atom is -0.461 e. The van der Waals surface area contributed by atoms with Crippen molar-refractivity contribution >= 4 is 23.1 Å². The number of halogens is 3. The maximum absolute atomic E-state index is 15.6. The van der Waals surface area contributed by atoms with Gasteiger partial charge < -0.3 is 24.8 Å². The van der Waals surface area contributed by atoms with Crippen LogP contribution in [-0.2, 0) is 34.5 Å². The number of benzene rings is 1. The van der Waals surface area contributed by atoms with Crippen LogP contribution in [0, 0.1) is 5.82 Å². The van der Waals surface area contributed by atoms with E-state index in [1.165, 1.54) is 6.07 Å². The van der Waals surface area contributed by atoms with E-state index >= 15 is 4.39 Å². The Balaban J connectivity index is 1.27. The molecule has 0 saturated carbocycles. The number of rotatable bonds is 4. The monoisotopic (exact) mass is 575 g/mol. The van der Waals surface area contributed by atoms with E-state index in [9.17, 15) is 4.39 Å². The van der Waals surface area contributed by atoms with Gasteiger partial charge in [-0.1, -0.05) is 11.6 Å². The molecule has 4 aliphatic heterocycles. The topological polar surface area (TPSA) is 86.0 Å². The molecule has 8 nitrogen and oxygen atoms in total.